The van der Waals surface area contributed by atoms with Crippen molar-refractivity contribution in [3.8, 4) is 0 Å². The van der Waals surface area contributed by atoms with Gasteiger partial charge in [0.05, 0.1) is 15.9 Å². The first-order chi connectivity index (χ1) is 8.41. The van der Waals surface area contributed by atoms with Gasteiger partial charge in [0, 0.05) is 19.0 Å². The van der Waals surface area contributed by atoms with E-state index < -0.39 is 0 Å². The molecule has 1 fully saturated rings. The van der Waals surface area contributed by atoms with Crippen molar-refractivity contribution in [3.63, 3.8) is 0 Å². The summed E-state index contributed by atoms with van der Waals surface area (Å²) in [7, 11) is 2.01. The number of halogens is 1. The highest BCUT2D eigenvalue weighted by molar-refractivity contribution is 9.10. The molecule has 4 heteroatoms. The molecular formula is C14H24BrN3. The minimum atomic E-state index is -0.0481. The normalized spacial score (nSPS) is 29.3. The molecule has 1 aromatic heterocycles. The molecule has 3 nitrogen and oxygen atoms in total. The van der Waals surface area contributed by atoms with Crippen LogP contribution in [0.25, 0.3) is 0 Å². The summed E-state index contributed by atoms with van der Waals surface area (Å²) in [5.41, 5.74) is 8.88. The van der Waals surface area contributed by atoms with Gasteiger partial charge in [0.25, 0.3) is 0 Å². The topological polar surface area (TPSA) is 43.8 Å². The van der Waals surface area contributed by atoms with E-state index in [0.717, 1.165) is 35.3 Å². The molecule has 0 saturated heterocycles. The Balaban J connectivity index is 2.16. The molecule has 2 atom stereocenters. The van der Waals surface area contributed by atoms with E-state index in [-0.39, 0.29) is 5.54 Å². The van der Waals surface area contributed by atoms with Crippen LogP contribution >= 0.6 is 15.9 Å². The van der Waals surface area contributed by atoms with Crippen LogP contribution in [0.1, 0.15) is 50.4 Å². The Morgan fingerprint density at radius 2 is 2.17 bits per heavy atom. The van der Waals surface area contributed by atoms with Gasteiger partial charge in [-0.1, -0.05) is 19.8 Å². The molecule has 0 bridgehead atoms. The lowest BCUT2D eigenvalue weighted by Crippen LogP contribution is -2.42. The number of aryl methyl sites for hydroxylation is 2. The molecule has 1 heterocycles. The SMILES string of the molecule is Cc1nn(C)c(CC2(N)CCCC(C)CC2)c1Br. The van der Waals surface area contributed by atoms with Crippen molar-refractivity contribution in [3.05, 3.63) is 15.9 Å². The Hall–Kier alpha value is -0.350. The maximum absolute atomic E-state index is 6.64. The minimum absolute atomic E-state index is 0.0481. The van der Waals surface area contributed by atoms with Gasteiger partial charge in [-0.15, -0.1) is 0 Å². The van der Waals surface area contributed by atoms with E-state index in [2.05, 4.69) is 28.0 Å². The molecule has 0 spiro atoms. The summed E-state index contributed by atoms with van der Waals surface area (Å²) in [5.74, 6) is 0.826. The summed E-state index contributed by atoms with van der Waals surface area (Å²) in [6.45, 7) is 4.38. The maximum Gasteiger partial charge on any atom is 0.0738 e. The Labute approximate surface area is 118 Å². The van der Waals surface area contributed by atoms with Crippen LogP contribution in [-0.2, 0) is 13.5 Å². The fourth-order valence-electron chi connectivity index (χ4n) is 2.99. The van der Waals surface area contributed by atoms with Crippen LogP contribution in [0.5, 0.6) is 0 Å². The lowest BCUT2D eigenvalue weighted by Gasteiger charge is -2.28. The van der Waals surface area contributed by atoms with Gasteiger partial charge in [0.1, 0.15) is 0 Å². The molecule has 2 unspecified atom stereocenters. The Kier molecular flexibility index (Phi) is 4.17. The zero-order valence-corrected chi connectivity index (χ0v) is 13.3. The number of aromatic nitrogens is 2. The monoisotopic (exact) mass is 313 g/mol. The molecule has 1 aliphatic carbocycles. The van der Waals surface area contributed by atoms with E-state index in [1.807, 2.05) is 18.7 Å². The lowest BCUT2D eigenvalue weighted by molar-refractivity contribution is 0.355. The van der Waals surface area contributed by atoms with Gasteiger partial charge in [-0.3, -0.25) is 4.68 Å². The Morgan fingerprint density at radius 1 is 1.44 bits per heavy atom. The fraction of sp³-hybridized carbons (Fsp3) is 0.786. The molecule has 1 saturated carbocycles. The summed E-state index contributed by atoms with van der Waals surface area (Å²) in [6, 6.07) is 0. The lowest BCUT2D eigenvalue weighted by atomic mass is 9.86. The predicted octanol–water partition coefficient (Wildman–Crippen LogP) is 3.33. The molecule has 0 aromatic carbocycles. The average Bonchev–Trinajstić information content (AvgIpc) is 2.48. The molecule has 102 valence electrons. The molecule has 0 aliphatic heterocycles. The second-order valence-corrected chi connectivity index (χ2v) is 6.84. The highest BCUT2D eigenvalue weighted by atomic mass is 79.9. The van der Waals surface area contributed by atoms with Crippen molar-refractivity contribution in [1.82, 2.24) is 9.78 Å². The van der Waals surface area contributed by atoms with Crippen LogP contribution in [0, 0.1) is 12.8 Å². The van der Waals surface area contributed by atoms with E-state index >= 15 is 0 Å². The second-order valence-electron chi connectivity index (χ2n) is 6.04. The number of nitrogens with zero attached hydrogens (tertiary/aromatic N) is 2. The van der Waals surface area contributed by atoms with Gasteiger partial charge in [-0.05, 0) is 48.0 Å². The first-order valence-corrected chi connectivity index (χ1v) is 7.67. The molecule has 2 N–H and O–H groups in total. The standard InChI is InChI=1S/C14H24BrN3/c1-10-5-4-7-14(16,8-6-10)9-12-13(15)11(2)17-18(12)3/h10H,4-9,16H2,1-3H3. The van der Waals surface area contributed by atoms with Crippen molar-refractivity contribution >= 4 is 15.9 Å². The summed E-state index contributed by atoms with van der Waals surface area (Å²) in [4.78, 5) is 0. The quantitative estimate of drug-likeness (QED) is 0.851. The number of hydrogen-bond donors (Lipinski definition) is 1. The van der Waals surface area contributed by atoms with Crippen molar-refractivity contribution < 1.29 is 0 Å². The van der Waals surface area contributed by atoms with Crippen LogP contribution in [0.4, 0.5) is 0 Å². The zero-order chi connectivity index (χ0) is 13.3. The molecular weight excluding hydrogens is 290 g/mol. The smallest absolute Gasteiger partial charge is 0.0738 e. The van der Waals surface area contributed by atoms with Crippen molar-refractivity contribution in [2.24, 2.45) is 18.7 Å². The van der Waals surface area contributed by atoms with Gasteiger partial charge in [0.15, 0.2) is 0 Å². The van der Waals surface area contributed by atoms with Gasteiger partial charge >= 0.3 is 0 Å². The molecule has 0 amide bonds. The number of hydrogen-bond acceptors (Lipinski definition) is 2. The zero-order valence-electron chi connectivity index (χ0n) is 11.7. The van der Waals surface area contributed by atoms with Crippen molar-refractivity contribution in [2.45, 2.75) is 57.9 Å². The molecule has 18 heavy (non-hydrogen) atoms. The highest BCUT2D eigenvalue weighted by Crippen LogP contribution is 2.33. The van der Waals surface area contributed by atoms with Crippen molar-refractivity contribution in [2.75, 3.05) is 0 Å². The third kappa shape index (κ3) is 2.97. The van der Waals surface area contributed by atoms with Gasteiger partial charge in [0.2, 0.25) is 0 Å². The maximum atomic E-state index is 6.64. The summed E-state index contributed by atoms with van der Waals surface area (Å²) >= 11 is 3.64. The second kappa shape index (κ2) is 5.33. The largest absolute Gasteiger partial charge is 0.325 e. The molecule has 0 radical (unpaired) electrons. The molecule has 2 rings (SSSR count). The van der Waals surface area contributed by atoms with Crippen LogP contribution in [0.3, 0.4) is 0 Å². The average molecular weight is 314 g/mol. The van der Waals surface area contributed by atoms with Gasteiger partial charge < -0.3 is 5.73 Å². The Morgan fingerprint density at radius 3 is 2.78 bits per heavy atom. The number of rotatable bonds is 2. The van der Waals surface area contributed by atoms with Gasteiger partial charge in [-0.25, -0.2) is 0 Å². The minimum Gasteiger partial charge on any atom is -0.325 e. The van der Waals surface area contributed by atoms with Crippen LogP contribution in [0.15, 0.2) is 4.47 Å². The van der Waals surface area contributed by atoms with E-state index in [0.29, 0.717) is 0 Å². The first-order valence-electron chi connectivity index (χ1n) is 6.88. The summed E-state index contributed by atoms with van der Waals surface area (Å²) in [5, 5.41) is 4.46. The van der Waals surface area contributed by atoms with E-state index in [1.165, 1.54) is 25.0 Å². The summed E-state index contributed by atoms with van der Waals surface area (Å²) in [6.07, 6.45) is 7.03. The summed E-state index contributed by atoms with van der Waals surface area (Å²) < 4.78 is 3.11. The van der Waals surface area contributed by atoms with Crippen LogP contribution in [0.2, 0.25) is 0 Å². The van der Waals surface area contributed by atoms with Crippen LogP contribution in [-0.4, -0.2) is 15.3 Å². The predicted molar refractivity (Wildman–Crippen MR) is 78.5 cm³/mol. The van der Waals surface area contributed by atoms with Crippen molar-refractivity contribution in [1.29, 1.82) is 0 Å². The van der Waals surface area contributed by atoms with E-state index in [9.17, 15) is 0 Å². The van der Waals surface area contributed by atoms with E-state index in [1.54, 1.807) is 0 Å². The highest BCUT2D eigenvalue weighted by Gasteiger charge is 2.30. The Bertz CT molecular complexity index is 427. The fourth-order valence-corrected chi connectivity index (χ4v) is 3.46. The molecule has 1 aromatic rings. The van der Waals surface area contributed by atoms with Gasteiger partial charge in [-0.2, -0.15) is 5.10 Å². The van der Waals surface area contributed by atoms with E-state index in [4.69, 9.17) is 5.73 Å². The third-order valence-corrected chi connectivity index (χ3v) is 5.32. The third-order valence-electron chi connectivity index (χ3n) is 4.29. The molecule has 1 aliphatic rings. The van der Waals surface area contributed by atoms with Crippen LogP contribution < -0.4 is 5.73 Å². The number of nitrogens with two attached hydrogens (primary N) is 1. The first kappa shape index (κ1) is 14.1.